The molecule has 1 aliphatic heterocycles. The Balaban J connectivity index is 1.64. The Morgan fingerprint density at radius 1 is 1.48 bits per heavy atom. The van der Waals surface area contributed by atoms with Crippen LogP contribution in [0.1, 0.15) is 55.8 Å². The zero-order chi connectivity index (χ0) is 16.4. The van der Waals surface area contributed by atoms with Crippen LogP contribution in [0.2, 0.25) is 0 Å². The van der Waals surface area contributed by atoms with Crippen molar-refractivity contribution in [3.05, 3.63) is 29.7 Å². The van der Waals surface area contributed by atoms with Crippen LogP contribution in [0.25, 0.3) is 0 Å². The van der Waals surface area contributed by atoms with E-state index in [9.17, 15) is 4.79 Å². The van der Waals surface area contributed by atoms with Crippen LogP contribution in [0.5, 0.6) is 0 Å². The number of amides is 1. The Kier molecular flexibility index (Phi) is 4.45. The highest BCUT2D eigenvalue weighted by Crippen LogP contribution is 2.26. The molecule has 0 bridgehead atoms. The maximum absolute atomic E-state index is 12.5. The van der Waals surface area contributed by atoms with Crippen LogP contribution < -0.4 is 0 Å². The summed E-state index contributed by atoms with van der Waals surface area (Å²) in [6.45, 7) is 7.73. The fraction of sp³-hybridized carbons (Fsp3) is 0.625. The minimum absolute atomic E-state index is 0.0883. The van der Waals surface area contributed by atoms with Gasteiger partial charge in [-0.15, -0.1) is 0 Å². The summed E-state index contributed by atoms with van der Waals surface area (Å²) < 4.78 is 6.98. The predicted octanol–water partition coefficient (Wildman–Crippen LogP) is 2.10. The van der Waals surface area contributed by atoms with Gasteiger partial charge in [-0.3, -0.25) is 9.48 Å². The Bertz CT molecular complexity index is 676. The summed E-state index contributed by atoms with van der Waals surface area (Å²) in [4.78, 5) is 18.8. The summed E-state index contributed by atoms with van der Waals surface area (Å²) in [6, 6.07) is 0. The minimum Gasteiger partial charge on any atom is -0.340 e. The first-order valence-electron chi connectivity index (χ1n) is 8.13. The molecule has 0 unspecified atom stereocenters. The number of aryl methyl sites for hydroxylation is 1. The van der Waals surface area contributed by atoms with Crippen LogP contribution in [-0.2, 0) is 11.3 Å². The average molecular weight is 317 g/mol. The van der Waals surface area contributed by atoms with Crippen molar-refractivity contribution in [1.82, 2.24) is 24.8 Å². The van der Waals surface area contributed by atoms with Crippen molar-refractivity contribution in [1.29, 1.82) is 0 Å². The van der Waals surface area contributed by atoms with E-state index >= 15 is 0 Å². The molecule has 1 fully saturated rings. The second-order valence-corrected chi connectivity index (χ2v) is 6.54. The molecule has 2 aromatic heterocycles. The third-order valence-corrected chi connectivity index (χ3v) is 4.15. The molecule has 124 valence electrons. The number of carbonyl (C=O) groups is 1. The molecule has 0 spiro atoms. The number of hydrogen-bond acceptors (Lipinski definition) is 5. The fourth-order valence-corrected chi connectivity index (χ4v) is 2.85. The highest BCUT2D eigenvalue weighted by atomic mass is 16.5. The summed E-state index contributed by atoms with van der Waals surface area (Å²) in [6.07, 6.45) is 5.59. The topological polar surface area (TPSA) is 77.0 Å². The lowest BCUT2D eigenvalue weighted by molar-refractivity contribution is -0.133. The van der Waals surface area contributed by atoms with Crippen molar-refractivity contribution in [3.8, 4) is 0 Å². The average Bonchev–Trinajstić information content (AvgIpc) is 3.17. The lowest BCUT2D eigenvalue weighted by atomic mass is 9.97. The molecule has 2 aromatic rings. The standard InChI is InChI=1S/C16H23N5O2/c1-11(2)16-18-15(19-23-16)13-5-4-6-20(9-13)14(22)10-21-8-12(3)7-17-21/h7-8,11,13H,4-6,9-10H2,1-3H3/t13-/m0/s1. The molecule has 0 aromatic carbocycles. The smallest absolute Gasteiger partial charge is 0.244 e. The van der Waals surface area contributed by atoms with Crippen molar-refractivity contribution in [3.63, 3.8) is 0 Å². The van der Waals surface area contributed by atoms with E-state index in [2.05, 4.69) is 15.2 Å². The SMILES string of the molecule is Cc1cnn(CC(=O)N2CCC[C@H](c3noc(C(C)C)n3)C2)c1. The fourth-order valence-electron chi connectivity index (χ4n) is 2.85. The molecule has 7 nitrogen and oxygen atoms in total. The van der Waals surface area contributed by atoms with Gasteiger partial charge in [0.15, 0.2) is 5.82 Å². The van der Waals surface area contributed by atoms with Crippen LogP contribution in [0.3, 0.4) is 0 Å². The number of aromatic nitrogens is 4. The van der Waals surface area contributed by atoms with Crippen molar-refractivity contribution in [2.45, 2.75) is 52.0 Å². The minimum atomic E-state index is 0.0883. The monoisotopic (exact) mass is 317 g/mol. The Hall–Kier alpha value is -2.18. The molecule has 1 aliphatic rings. The maximum Gasteiger partial charge on any atom is 0.244 e. The third kappa shape index (κ3) is 3.60. The van der Waals surface area contributed by atoms with Crippen molar-refractivity contribution in [2.75, 3.05) is 13.1 Å². The Labute approximate surface area is 135 Å². The van der Waals surface area contributed by atoms with Crippen LogP contribution >= 0.6 is 0 Å². The number of rotatable bonds is 4. The second kappa shape index (κ2) is 6.52. The molecule has 0 N–H and O–H groups in total. The van der Waals surface area contributed by atoms with Gasteiger partial charge in [-0.2, -0.15) is 10.1 Å². The number of piperidine rings is 1. The molecule has 1 atom stereocenters. The van der Waals surface area contributed by atoms with Crippen molar-refractivity contribution >= 4 is 5.91 Å². The van der Waals surface area contributed by atoms with Gasteiger partial charge in [0, 0.05) is 31.1 Å². The quantitative estimate of drug-likeness (QED) is 0.863. The first kappa shape index (κ1) is 15.7. The predicted molar refractivity (Wildman–Crippen MR) is 83.9 cm³/mol. The molecule has 0 radical (unpaired) electrons. The molecule has 0 saturated carbocycles. The largest absolute Gasteiger partial charge is 0.340 e. The van der Waals surface area contributed by atoms with Crippen LogP contribution in [0.4, 0.5) is 0 Å². The highest BCUT2D eigenvalue weighted by molar-refractivity contribution is 5.76. The zero-order valence-electron chi connectivity index (χ0n) is 13.9. The molecule has 1 amide bonds. The normalized spacial score (nSPS) is 18.6. The Morgan fingerprint density at radius 3 is 2.96 bits per heavy atom. The van der Waals surface area contributed by atoms with Crippen LogP contribution in [0.15, 0.2) is 16.9 Å². The summed E-state index contributed by atoms with van der Waals surface area (Å²) in [7, 11) is 0. The lowest BCUT2D eigenvalue weighted by Gasteiger charge is -2.31. The molecular formula is C16H23N5O2. The van der Waals surface area contributed by atoms with Gasteiger partial charge in [0.05, 0.1) is 6.20 Å². The van der Waals surface area contributed by atoms with Gasteiger partial charge in [0.2, 0.25) is 11.8 Å². The molecular weight excluding hydrogens is 294 g/mol. The maximum atomic E-state index is 12.5. The van der Waals surface area contributed by atoms with Gasteiger partial charge >= 0.3 is 0 Å². The van der Waals surface area contributed by atoms with E-state index in [1.165, 1.54) is 0 Å². The number of carbonyl (C=O) groups excluding carboxylic acids is 1. The molecule has 1 saturated heterocycles. The third-order valence-electron chi connectivity index (χ3n) is 4.15. The van der Waals surface area contributed by atoms with Gasteiger partial charge in [-0.25, -0.2) is 0 Å². The van der Waals surface area contributed by atoms with E-state index < -0.39 is 0 Å². The number of likely N-dealkylation sites (tertiary alicyclic amines) is 1. The van der Waals surface area contributed by atoms with E-state index in [4.69, 9.17) is 4.52 Å². The first-order chi connectivity index (χ1) is 11.0. The molecule has 3 heterocycles. The van der Waals surface area contributed by atoms with E-state index in [0.29, 0.717) is 12.4 Å². The Morgan fingerprint density at radius 2 is 2.30 bits per heavy atom. The number of nitrogens with zero attached hydrogens (tertiary/aromatic N) is 5. The van der Waals surface area contributed by atoms with Crippen LogP contribution in [0, 0.1) is 6.92 Å². The van der Waals surface area contributed by atoms with Crippen LogP contribution in [-0.4, -0.2) is 43.8 Å². The van der Waals surface area contributed by atoms with E-state index in [1.54, 1.807) is 10.9 Å². The highest BCUT2D eigenvalue weighted by Gasteiger charge is 2.28. The summed E-state index contributed by atoms with van der Waals surface area (Å²) in [5.41, 5.74) is 1.06. The van der Waals surface area contributed by atoms with Gasteiger partial charge < -0.3 is 9.42 Å². The van der Waals surface area contributed by atoms with E-state index in [0.717, 1.165) is 30.8 Å². The van der Waals surface area contributed by atoms with Gasteiger partial charge in [-0.1, -0.05) is 19.0 Å². The zero-order valence-corrected chi connectivity index (χ0v) is 13.9. The second-order valence-electron chi connectivity index (χ2n) is 6.54. The molecule has 0 aliphatic carbocycles. The van der Waals surface area contributed by atoms with Gasteiger partial charge in [0.1, 0.15) is 6.54 Å². The van der Waals surface area contributed by atoms with Gasteiger partial charge in [0.25, 0.3) is 0 Å². The molecule has 3 rings (SSSR count). The summed E-state index contributed by atoms with van der Waals surface area (Å²) >= 11 is 0. The lowest BCUT2D eigenvalue weighted by Crippen LogP contribution is -2.41. The number of hydrogen-bond donors (Lipinski definition) is 0. The van der Waals surface area contributed by atoms with Crippen molar-refractivity contribution < 1.29 is 9.32 Å². The van der Waals surface area contributed by atoms with E-state index in [-0.39, 0.29) is 24.3 Å². The summed E-state index contributed by atoms with van der Waals surface area (Å²) in [5.74, 6) is 1.85. The first-order valence-corrected chi connectivity index (χ1v) is 8.13. The van der Waals surface area contributed by atoms with Crippen molar-refractivity contribution in [2.24, 2.45) is 0 Å². The van der Waals surface area contributed by atoms with Gasteiger partial charge in [-0.05, 0) is 25.3 Å². The summed E-state index contributed by atoms with van der Waals surface area (Å²) in [5, 5.41) is 8.28. The van der Waals surface area contributed by atoms with E-state index in [1.807, 2.05) is 31.9 Å². The molecule has 7 heteroatoms. The molecule has 23 heavy (non-hydrogen) atoms.